The Morgan fingerprint density at radius 3 is 2.58 bits per heavy atom. The fraction of sp³-hybridized carbons (Fsp3) is 0.531. The van der Waals surface area contributed by atoms with Crippen LogP contribution in [0.5, 0.6) is 0 Å². The molecule has 2 fully saturated rings. The molecule has 4 atom stereocenters. The van der Waals surface area contributed by atoms with Crippen molar-refractivity contribution < 1.29 is 33.4 Å². The SMILES string of the molecule is C=CC(=O)N1CCCN(C(=O)N(C)[C@H](C(=O)N[C@H]2Cc3nc(cs3)-c3ccc4c(c3)c(c(-c3cccnc3[C@H](C)OC)n4CC)CC(C)(C)COC(=O)[C@@H]3CCCN(N3)C2=O)C(C)C)CC1. The fourth-order valence-corrected chi connectivity index (χ4v) is 10.4. The molecule has 0 saturated carbocycles. The first-order valence-corrected chi connectivity index (χ1v) is 24.0. The van der Waals surface area contributed by atoms with Crippen LogP contribution in [0.4, 0.5) is 4.79 Å². The number of esters is 1. The second kappa shape index (κ2) is 20.5. The molecule has 5 amide bonds. The Hall–Kier alpha value is -5.65. The zero-order valence-electron chi connectivity index (χ0n) is 39.6. The summed E-state index contributed by atoms with van der Waals surface area (Å²) >= 11 is 1.41. The number of fused-ring (bicyclic) bond motifs is 6. The third kappa shape index (κ3) is 10.2. The molecule has 3 aliphatic rings. The van der Waals surface area contributed by atoms with Crippen molar-refractivity contribution in [3.63, 3.8) is 0 Å². The average Bonchev–Trinajstić information content (AvgIpc) is 3.80. The molecule has 3 aromatic heterocycles. The Labute approximate surface area is 391 Å². The highest BCUT2D eigenvalue weighted by Crippen LogP contribution is 2.42. The van der Waals surface area contributed by atoms with E-state index in [1.807, 2.05) is 32.2 Å². The summed E-state index contributed by atoms with van der Waals surface area (Å²) < 4.78 is 14.2. The van der Waals surface area contributed by atoms with E-state index in [1.165, 1.54) is 27.3 Å². The Balaban J connectivity index is 1.25. The summed E-state index contributed by atoms with van der Waals surface area (Å²) in [5.74, 6) is -1.88. The van der Waals surface area contributed by atoms with Crippen molar-refractivity contribution in [3.8, 4) is 22.5 Å². The van der Waals surface area contributed by atoms with E-state index in [9.17, 15) is 24.0 Å². The highest BCUT2D eigenvalue weighted by molar-refractivity contribution is 7.10. The van der Waals surface area contributed by atoms with Gasteiger partial charge in [-0.3, -0.25) is 29.2 Å². The number of aryl methyl sites for hydroxylation is 1. The van der Waals surface area contributed by atoms with Crippen molar-refractivity contribution in [1.29, 1.82) is 0 Å². The largest absolute Gasteiger partial charge is 0.464 e. The van der Waals surface area contributed by atoms with Gasteiger partial charge in [0.25, 0.3) is 5.91 Å². The molecule has 1 aromatic carbocycles. The maximum absolute atomic E-state index is 14.6. The number of likely N-dealkylation sites (N-methyl/N-ethyl adjacent to an activating group) is 1. The van der Waals surface area contributed by atoms with Gasteiger partial charge in [0, 0.05) is 98.9 Å². The standard InChI is InChI=1S/C49H65N9O7S/c1-10-41(59)55-20-14-21-56(24-23-55)48(63)54(8)43(30(3)4)45(60)52-37-26-40-51-38(28-66-40)32-17-18-39-34(25-32)35(44(57(39)11-2)33-15-12-19-50-42(33)31(5)64-9)27-49(6,7)29-65-47(62)36-16-13-22-58(53-36)46(37)61/h10,12,15,17-19,25,28,30-31,36-37,43,53H,1,11,13-14,16,20-24,26-27,29H2,2-9H3,(H,52,60)/t31-,36-,37-,43-/m0/s1. The number of hydrazine groups is 1. The van der Waals surface area contributed by atoms with Crippen LogP contribution < -0.4 is 10.7 Å². The molecule has 4 aromatic rings. The molecule has 7 rings (SSSR count). The van der Waals surface area contributed by atoms with E-state index in [-0.39, 0.29) is 37.0 Å². The minimum absolute atomic E-state index is 0.0732. The van der Waals surface area contributed by atoms with Crippen molar-refractivity contribution in [2.75, 3.05) is 53.5 Å². The number of urea groups is 1. The number of hydrogen-bond acceptors (Lipinski definition) is 11. The number of cyclic esters (lactones) is 1. The number of carbonyl (C=O) groups is 5. The highest BCUT2D eigenvalue weighted by atomic mass is 32.1. The van der Waals surface area contributed by atoms with Gasteiger partial charge < -0.3 is 34.1 Å². The van der Waals surface area contributed by atoms with Gasteiger partial charge in [-0.1, -0.05) is 40.3 Å². The number of benzene rings is 1. The van der Waals surface area contributed by atoms with Crippen molar-refractivity contribution >= 4 is 52.0 Å². The molecular formula is C49H65N9O7S. The molecule has 0 unspecified atom stereocenters. The normalized spacial score (nSPS) is 20.3. The smallest absolute Gasteiger partial charge is 0.324 e. The number of nitrogens with one attached hydrogen (secondary N) is 2. The molecule has 17 heteroatoms. The molecule has 6 heterocycles. The number of aromatic nitrogens is 3. The Morgan fingerprint density at radius 2 is 1.85 bits per heavy atom. The second-order valence-electron chi connectivity index (χ2n) is 18.7. The summed E-state index contributed by atoms with van der Waals surface area (Å²) in [5, 5.41) is 8.10. The third-order valence-corrected chi connectivity index (χ3v) is 13.9. The van der Waals surface area contributed by atoms with Crippen LogP contribution >= 0.6 is 11.3 Å². The predicted octanol–water partition coefficient (Wildman–Crippen LogP) is 6.00. The first-order valence-electron chi connectivity index (χ1n) is 23.1. The highest BCUT2D eigenvalue weighted by Gasteiger charge is 2.39. The van der Waals surface area contributed by atoms with Gasteiger partial charge in [-0.2, -0.15) is 0 Å². The average molecular weight is 924 g/mol. The molecule has 66 heavy (non-hydrogen) atoms. The molecule has 0 aliphatic carbocycles. The van der Waals surface area contributed by atoms with Crippen molar-refractivity contribution in [2.24, 2.45) is 11.3 Å². The molecule has 2 saturated heterocycles. The number of rotatable bonds is 9. The summed E-state index contributed by atoms with van der Waals surface area (Å²) in [6.45, 7) is 18.3. The van der Waals surface area contributed by atoms with Crippen LogP contribution in [-0.2, 0) is 48.0 Å². The Morgan fingerprint density at radius 1 is 1.09 bits per heavy atom. The Bertz CT molecular complexity index is 2460. The molecule has 3 aliphatic heterocycles. The Kier molecular flexibility index (Phi) is 15.0. The van der Waals surface area contributed by atoms with E-state index in [4.69, 9.17) is 19.4 Å². The van der Waals surface area contributed by atoms with Gasteiger partial charge in [0.2, 0.25) is 11.8 Å². The van der Waals surface area contributed by atoms with Crippen LogP contribution in [0.3, 0.4) is 0 Å². The van der Waals surface area contributed by atoms with E-state index >= 15 is 0 Å². The number of pyridine rings is 1. The van der Waals surface area contributed by atoms with Gasteiger partial charge in [0.1, 0.15) is 18.1 Å². The lowest BCUT2D eigenvalue weighted by molar-refractivity contribution is -0.155. The van der Waals surface area contributed by atoms with Crippen molar-refractivity contribution in [3.05, 3.63) is 70.8 Å². The fourth-order valence-electron chi connectivity index (χ4n) is 9.55. The summed E-state index contributed by atoms with van der Waals surface area (Å²) in [6.07, 6.45) is 5.04. The van der Waals surface area contributed by atoms with Crippen LogP contribution in [0.1, 0.15) is 83.2 Å². The summed E-state index contributed by atoms with van der Waals surface area (Å²) in [6, 6.07) is 7.26. The maximum atomic E-state index is 14.6. The molecule has 6 bridgehead atoms. The number of nitrogens with zero attached hydrogens (tertiary/aromatic N) is 7. The second-order valence-corrected chi connectivity index (χ2v) is 19.7. The minimum Gasteiger partial charge on any atom is -0.464 e. The number of methoxy groups -OCH3 is 1. The first-order chi connectivity index (χ1) is 31.5. The van der Waals surface area contributed by atoms with Gasteiger partial charge in [-0.15, -0.1) is 11.3 Å². The van der Waals surface area contributed by atoms with Gasteiger partial charge in [0.15, 0.2) is 0 Å². The third-order valence-electron chi connectivity index (χ3n) is 13.0. The lowest BCUT2D eigenvalue weighted by atomic mass is 9.84. The van der Waals surface area contributed by atoms with Crippen LogP contribution in [0.25, 0.3) is 33.4 Å². The van der Waals surface area contributed by atoms with Crippen LogP contribution in [0.15, 0.2) is 54.6 Å². The molecule has 2 N–H and O–H groups in total. The zero-order valence-corrected chi connectivity index (χ0v) is 40.4. The number of carbonyl (C=O) groups excluding carboxylic acids is 5. The van der Waals surface area contributed by atoms with Gasteiger partial charge in [0.05, 0.1) is 34.8 Å². The number of hydrogen-bond donors (Lipinski definition) is 2. The topological polar surface area (TPSA) is 172 Å². The summed E-state index contributed by atoms with van der Waals surface area (Å²) in [4.78, 5) is 84.0. The van der Waals surface area contributed by atoms with Gasteiger partial charge in [-0.25, -0.2) is 15.2 Å². The maximum Gasteiger partial charge on any atom is 0.324 e. The van der Waals surface area contributed by atoms with Crippen LogP contribution in [-0.4, -0.2) is 136 Å². The van der Waals surface area contributed by atoms with Gasteiger partial charge >= 0.3 is 12.0 Å². The van der Waals surface area contributed by atoms with Crippen molar-refractivity contribution in [2.45, 2.75) is 104 Å². The molecule has 0 spiro atoms. The van der Waals surface area contributed by atoms with E-state index in [1.54, 1.807) is 30.2 Å². The minimum atomic E-state index is -1.09. The van der Waals surface area contributed by atoms with E-state index < -0.39 is 41.3 Å². The summed E-state index contributed by atoms with van der Waals surface area (Å²) in [5.41, 5.74) is 9.26. The number of amides is 5. The van der Waals surface area contributed by atoms with E-state index in [0.29, 0.717) is 70.0 Å². The monoisotopic (exact) mass is 923 g/mol. The quantitative estimate of drug-likeness (QED) is 0.150. The zero-order chi connectivity index (χ0) is 47.4. The van der Waals surface area contributed by atoms with Crippen molar-refractivity contribution in [1.82, 2.24) is 45.0 Å². The first kappa shape index (κ1) is 48.3. The van der Waals surface area contributed by atoms with Gasteiger partial charge in [-0.05, 0) is 81.4 Å². The molecule has 354 valence electrons. The molecule has 0 radical (unpaired) electrons. The number of thiazole rings is 1. The van der Waals surface area contributed by atoms with Crippen LogP contribution in [0, 0.1) is 11.3 Å². The van der Waals surface area contributed by atoms with Crippen LogP contribution in [0.2, 0.25) is 0 Å². The number of ether oxygens (including phenoxy) is 2. The van der Waals surface area contributed by atoms with E-state index in [2.05, 4.69) is 66.9 Å². The predicted molar refractivity (Wildman–Crippen MR) is 254 cm³/mol. The lowest BCUT2D eigenvalue weighted by Gasteiger charge is -2.37. The lowest BCUT2D eigenvalue weighted by Crippen LogP contribution is -2.62. The van der Waals surface area contributed by atoms with E-state index in [0.717, 1.165) is 44.7 Å². The molecule has 16 nitrogen and oxygen atoms in total. The summed E-state index contributed by atoms with van der Waals surface area (Å²) in [7, 11) is 3.28. The molecular weight excluding hydrogens is 859 g/mol.